The molecule has 1 heterocycles. The summed E-state index contributed by atoms with van der Waals surface area (Å²) in [5.74, 6) is -0.310. The van der Waals surface area contributed by atoms with Crippen LogP contribution in [0.4, 0.5) is 0 Å². The van der Waals surface area contributed by atoms with Crippen molar-refractivity contribution in [3.8, 4) is 11.5 Å². The highest BCUT2D eigenvalue weighted by molar-refractivity contribution is 5.89. The topological polar surface area (TPSA) is 84.9 Å². The van der Waals surface area contributed by atoms with Gasteiger partial charge in [-0.1, -0.05) is 31.4 Å². The van der Waals surface area contributed by atoms with Gasteiger partial charge in [-0.25, -0.2) is 4.79 Å². The molecule has 0 bridgehead atoms. The number of carboxylic acids is 1. The zero-order chi connectivity index (χ0) is 15.6. The van der Waals surface area contributed by atoms with Crippen LogP contribution in [0.1, 0.15) is 32.1 Å². The highest BCUT2D eigenvalue weighted by Crippen LogP contribution is 2.32. The van der Waals surface area contributed by atoms with Crippen LogP contribution in [-0.2, 0) is 9.59 Å². The van der Waals surface area contributed by atoms with Crippen LogP contribution < -0.4 is 14.8 Å². The van der Waals surface area contributed by atoms with Crippen LogP contribution >= 0.6 is 0 Å². The van der Waals surface area contributed by atoms with Crippen LogP contribution in [0, 0.1) is 0 Å². The number of para-hydroxylation sites is 2. The number of hydrogen-bond donors (Lipinski definition) is 2. The Bertz CT molecular complexity index is 580. The molecule has 1 amide bonds. The number of rotatable bonds is 3. The molecule has 1 aliphatic carbocycles. The Morgan fingerprint density at radius 2 is 1.82 bits per heavy atom. The maximum atomic E-state index is 12.4. The zero-order valence-electron chi connectivity index (χ0n) is 12.2. The first-order valence-electron chi connectivity index (χ1n) is 7.55. The fourth-order valence-electron chi connectivity index (χ4n) is 3.01. The largest absolute Gasteiger partial charge is 0.485 e. The maximum absolute atomic E-state index is 12.4. The average molecular weight is 305 g/mol. The molecule has 118 valence electrons. The van der Waals surface area contributed by atoms with E-state index in [9.17, 15) is 14.7 Å². The van der Waals surface area contributed by atoms with Gasteiger partial charge in [-0.3, -0.25) is 4.79 Å². The summed E-state index contributed by atoms with van der Waals surface area (Å²) < 4.78 is 11.1. The fourth-order valence-corrected chi connectivity index (χ4v) is 3.01. The predicted molar refractivity (Wildman–Crippen MR) is 77.9 cm³/mol. The van der Waals surface area contributed by atoms with Crippen molar-refractivity contribution in [1.82, 2.24) is 5.32 Å². The smallest absolute Gasteiger partial charge is 0.329 e. The minimum absolute atomic E-state index is 0.0819. The van der Waals surface area contributed by atoms with Crippen molar-refractivity contribution in [3.63, 3.8) is 0 Å². The van der Waals surface area contributed by atoms with Crippen LogP contribution in [0.2, 0.25) is 0 Å². The van der Waals surface area contributed by atoms with Crippen LogP contribution in [0.25, 0.3) is 0 Å². The number of hydrogen-bond acceptors (Lipinski definition) is 4. The summed E-state index contributed by atoms with van der Waals surface area (Å²) in [6, 6.07) is 7.11. The maximum Gasteiger partial charge on any atom is 0.329 e. The molecule has 6 heteroatoms. The molecule has 1 aromatic rings. The van der Waals surface area contributed by atoms with E-state index in [1.165, 1.54) is 0 Å². The normalized spacial score (nSPS) is 22.6. The zero-order valence-corrected chi connectivity index (χ0v) is 12.2. The van der Waals surface area contributed by atoms with Gasteiger partial charge in [0.1, 0.15) is 12.1 Å². The Balaban J connectivity index is 1.70. The van der Waals surface area contributed by atoms with Gasteiger partial charge in [-0.15, -0.1) is 0 Å². The molecule has 0 aromatic heterocycles. The molecule has 1 saturated carbocycles. The molecule has 0 saturated heterocycles. The second-order valence-corrected chi connectivity index (χ2v) is 5.80. The van der Waals surface area contributed by atoms with E-state index in [0.29, 0.717) is 24.3 Å². The summed E-state index contributed by atoms with van der Waals surface area (Å²) in [6.45, 7) is 0.0819. The van der Waals surface area contributed by atoms with E-state index in [-0.39, 0.29) is 6.61 Å². The molecular weight excluding hydrogens is 286 g/mol. The Morgan fingerprint density at radius 3 is 2.50 bits per heavy atom. The van der Waals surface area contributed by atoms with Crippen molar-refractivity contribution < 1.29 is 24.2 Å². The quantitative estimate of drug-likeness (QED) is 0.888. The van der Waals surface area contributed by atoms with Gasteiger partial charge in [0.15, 0.2) is 11.5 Å². The van der Waals surface area contributed by atoms with Gasteiger partial charge in [0.2, 0.25) is 6.10 Å². The molecular formula is C16H19NO5. The Morgan fingerprint density at radius 1 is 1.14 bits per heavy atom. The summed E-state index contributed by atoms with van der Waals surface area (Å²) in [4.78, 5) is 24.0. The number of carbonyl (C=O) groups is 2. The Hall–Kier alpha value is -2.24. The van der Waals surface area contributed by atoms with E-state index in [1.54, 1.807) is 18.2 Å². The lowest BCUT2D eigenvalue weighted by molar-refractivity contribution is -0.151. The molecule has 2 aliphatic rings. The third-order valence-electron chi connectivity index (χ3n) is 4.28. The van der Waals surface area contributed by atoms with E-state index in [1.807, 2.05) is 6.07 Å². The van der Waals surface area contributed by atoms with Crippen molar-refractivity contribution in [2.45, 2.75) is 43.7 Å². The summed E-state index contributed by atoms with van der Waals surface area (Å²) in [5, 5.41) is 12.2. The number of fused-ring (bicyclic) bond motifs is 1. The number of carboxylic acid groups (broad SMARTS) is 1. The lowest BCUT2D eigenvalue weighted by Crippen LogP contribution is -2.59. The number of carbonyl (C=O) groups excluding carboxylic acids is 1. The molecule has 1 aromatic carbocycles. The van der Waals surface area contributed by atoms with Crippen LogP contribution in [0.5, 0.6) is 11.5 Å². The van der Waals surface area contributed by atoms with Crippen LogP contribution in [0.15, 0.2) is 24.3 Å². The molecule has 0 radical (unpaired) electrons. The number of amides is 1. The second-order valence-electron chi connectivity index (χ2n) is 5.80. The van der Waals surface area contributed by atoms with Gasteiger partial charge in [0, 0.05) is 0 Å². The van der Waals surface area contributed by atoms with Crippen molar-refractivity contribution >= 4 is 11.9 Å². The molecule has 22 heavy (non-hydrogen) atoms. The standard InChI is InChI=1S/C16H19NO5/c18-14(17-16(15(19)20)8-4-1-5-9-16)13-10-21-11-6-2-3-7-12(11)22-13/h2-3,6-7,13H,1,4-5,8-10H2,(H,17,18)(H,19,20)/t13-/m0/s1. The van der Waals surface area contributed by atoms with Gasteiger partial charge in [0.05, 0.1) is 0 Å². The highest BCUT2D eigenvalue weighted by Gasteiger charge is 2.43. The van der Waals surface area contributed by atoms with Gasteiger partial charge in [0.25, 0.3) is 5.91 Å². The Kier molecular flexibility index (Phi) is 3.92. The molecule has 0 spiro atoms. The molecule has 0 unspecified atom stereocenters. The van der Waals surface area contributed by atoms with Gasteiger partial charge < -0.3 is 19.9 Å². The molecule has 3 rings (SSSR count). The molecule has 1 aliphatic heterocycles. The third kappa shape index (κ3) is 2.73. The number of nitrogens with one attached hydrogen (secondary N) is 1. The monoisotopic (exact) mass is 305 g/mol. The van der Waals surface area contributed by atoms with Gasteiger partial charge in [-0.05, 0) is 25.0 Å². The summed E-state index contributed by atoms with van der Waals surface area (Å²) in [6.07, 6.45) is 2.69. The predicted octanol–water partition coefficient (Wildman–Crippen LogP) is 1.73. The van der Waals surface area contributed by atoms with Crippen molar-refractivity contribution in [1.29, 1.82) is 0 Å². The summed E-state index contributed by atoms with van der Waals surface area (Å²) >= 11 is 0. The molecule has 1 fully saturated rings. The summed E-state index contributed by atoms with van der Waals surface area (Å²) in [7, 11) is 0. The minimum Gasteiger partial charge on any atom is -0.485 e. The van der Waals surface area contributed by atoms with E-state index in [2.05, 4.69) is 5.32 Å². The van der Waals surface area contributed by atoms with E-state index < -0.39 is 23.5 Å². The first-order chi connectivity index (χ1) is 10.6. The highest BCUT2D eigenvalue weighted by atomic mass is 16.6. The lowest BCUT2D eigenvalue weighted by atomic mass is 9.81. The van der Waals surface area contributed by atoms with Crippen LogP contribution in [-0.4, -0.2) is 35.2 Å². The number of ether oxygens (including phenoxy) is 2. The van der Waals surface area contributed by atoms with Crippen molar-refractivity contribution in [2.75, 3.05) is 6.61 Å². The van der Waals surface area contributed by atoms with E-state index >= 15 is 0 Å². The Labute approximate surface area is 128 Å². The fraction of sp³-hybridized carbons (Fsp3) is 0.500. The molecule has 6 nitrogen and oxygen atoms in total. The molecule has 1 atom stereocenters. The second kappa shape index (κ2) is 5.87. The average Bonchev–Trinajstić information content (AvgIpc) is 2.55. The van der Waals surface area contributed by atoms with Crippen LogP contribution in [0.3, 0.4) is 0 Å². The van der Waals surface area contributed by atoms with Crippen molar-refractivity contribution in [3.05, 3.63) is 24.3 Å². The van der Waals surface area contributed by atoms with E-state index in [0.717, 1.165) is 19.3 Å². The van der Waals surface area contributed by atoms with E-state index in [4.69, 9.17) is 9.47 Å². The first-order valence-corrected chi connectivity index (χ1v) is 7.55. The minimum atomic E-state index is -1.17. The van der Waals surface area contributed by atoms with Gasteiger partial charge in [-0.2, -0.15) is 0 Å². The van der Waals surface area contributed by atoms with Gasteiger partial charge >= 0.3 is 5.97 Å². The lowest BCUT2D eigenvalue weighted by Gasteiger charge is -2.35. The third-order valence-corrected chi connectivity index (χ3v) is 4.28. The SMILES string of the molecule is O=C(NC1(C(=O)O)CCCCC1)[C@@H]1COc2ccccc2O1. The molecule has 2 N–H and O–H groups in total. The summed E-state index contributed by atoms with van der Waals surface area (Å²) in [5.41, 5.74) is -1.17. The number of aliphatic carboxylic acids is 1. The number of benzene rings is 1. The van der Waals surface area contributed by atoms with Crippen molar-refractivity contribution in [2.24, 2.45) is 0 Å². The first kappa shape index (κ1) is 14.7.